The van der Waals surface area contributed by atoms with Crippen LogP contribution in [0.25, 0.3) is 0 Å². The van der Waals surface area contributed by atoms with Crippen molar-refractivity contribution in [3.05, 3.63) is 28.8 Å². The van der Waals surface area contributed by atoms with Crippen LogP contribution >= 0.6 is 0 Å². The third-order valence-electron chi connectivity index (χ3n) is 2.35. The average Bonchev–Trinajstić information content (AvgIpc) is 2.21. The predicted octanol–water partition coefficient (Wildman–Crippen LogP) is 1.76. The fraction of sp³-hybridized carbons (Fsp3) is 0.364. The topological polar surface area (TPSA) is 83.5 Å². The van der Waals surface area contributed by atoms with Crippen molar-refractivity contribution in [3.63, 3.8) is 0 Å². The number of rotatable bonds is 4. The highest BCUT2D eigenvalue weighted by molar-refractivity contribution is 7.92. The Kier molecular flexibility index (Phi) is 3.77. The first kappa shape index (κ1) is 13.5. The zero-order valence-electron chi connectivity index (χ0n) is 9.94. The van der Waals surface area contributed by atoms with E-state index in [1.54, 1.807) is 19.9 Å². The molecule has 5 nitrogen and oxygen atoms in total. The predicted molar refractivity (Wildman–Crippen MR) is 66.0 cm³/mol. The Morgan fingerprint density at radius 1 is 1.35 bits per heavy atom. The molecule has 0 amide bonds. The van der Waals surface area contributed by atoms with Crippen LogP contribution in [0.1, 0.15) is 28.4 Å². The Bertz CT molecular complexity index is 549. The summed E-state index contributed by atoms with van der Waals surface area (Å²) in [5, 5.41) is 9.05. The van der Waals surface area contributed by atoms with Gasteiger partial charge in [-0.3, -0.25) is 4.72 Å². The van der Waals surface area contributed by atoms with Gasteiger partial charge in [-0.2, -0.15) is 0 Å². The van der Waals surface area contributed by atoms with Crippen molar-refractivity contribution in [3.8, 4) is 0 Å². The van der Waals surface area contributed by atoms with Crippen molar-refractivity contribution in [1.29, 1.82) is 0 Å². The van der Waals surface area contributed by atoms with E-state index in [-0.39, 0.29) is 17.0 Å². The molecule has 0 unspecified atom stereocenters. The van der Waals surface area contributed by atoms with Crippen LogP contribution in [0.2, 0.25) is 0 Å². The Balaban J connectivity index is 3.37. The minimum Gasteiger partial charge on any atom is -0.478 e. The number of carbonyl (C=O) groups is 1. The number of carboxylic acid groups (broad SMARTS) is 1. The molecule has 0 aliphatic heterocycles. The lowest BCUT2D eigenvalue weighted by Crippen LogP contribution is -2.18. The zero-order chi connectivity index (χ0) is 13.2. The second-order valence-corrected chi connectivity index (χ2v) is 5.83. The molecule has 0 atom stereocenters. The molecule has 0 aromatic heterocycles. The van der Waals surface area contributed by atoms with Gasteiger partial charge >= 0.3 is 5.97 Å². The summed E-state index contributed by atoms with van der Waals surface area (Å²) in [5.74, 6) is -1.25. The molecule has 17 heavy (non-hydrogen) atoms. The van der Waals surface area contributed by atoms with Crippen molar-refractivity contribution in [2.24, 2.45) is 0 Å². The number of hydrogen-bond acceptors (Lipinski definition) is 3. The van der Waals surface area contributed by atoms with E-state index >= 15 is 0 Å². The van der Waals surface area contributed by atoms with Gasteiger partial charge in [0.1, 0.15) is 0 Å². The van der Waals surface area contributed by atoms with Gasteiger partial charge in [0.25, 0.3) is 0 Å². The van der Waals surface area contributed by atoms with Crippen molar-refractivity contribution in [2.45, 2.75) is 20.8 Å². The van der Waals surface area contributed by atoms with Gasteiger partial charge in [-0.15, -0.1) is 0 Å². The second-order valence-electron chi connectivity index (χ2n) is 3.82. The van der Waals surface area contributed by atoms with E-state index < -0.39 is 16.0 Å². The van der Waals surface area contributed by atoms with Crippen LogP contribution in [0, 0.1) is 13.8 Å². The lowest BCUT2D eigenvalue weighted by molar-refractivity contribution is 0.0698. The van der Waals surface area contributed by atoms with Gasteiger partial charge in [-0.25, -0.2) is 13.2 Å². The van der Waals surface area contributed by atoms with Gasteiger partial charge < -0.3 is 5.11 Å². The number of benzene rings is 1. The Labute approximate surface area is 101 Å². The molecular formula is C11H15NO4S. The zero-order valence-corrected chi connectivity index (χ0v) is 10.8. The van der Waals surface area contributed by atoms with Crippen LogP contribution in [0.4, 0.5) is 5.69 Å². The van der Waals surface area contributed by atoms with Gasteiger partial charge in [0.15, 0.2) is 0 Å². The maximum Gasteiger partial charge on any atom is 0.337 e. The number of sulfonamides is 1. The van der Waals surface area contributed by atoms with E-state index in [1.807, 2.05) is 0 Å². The molecule has 6 heteroatoms. The molecule has 1 aromatic rings. The third-order valence-corrected chi connectivity index (χ3v) is 3.62. The summed E-state index contributed by atoms with van der Waals surface area (Å²) in [7, 11) is -3.48. The second kappa shape index (κ2) is 4.75. The summed E-state index contributed by atoms with van der Waals surface area (Å²) in [4.78, 5) is 11.1. The highest BCUT2D eigenvalue weighted by Gasteiger charge is 2.17. The van der Waals surface area contributed by atoms with Crippen LogP contribution in [0.3, 0.4) is 0 Å². The van der Waals surface area contributed by atoms with E-state index in [0.29, 0.717) is 5.56 Å². The van der Waals surface area contributed by atoms with Gasteiger partial charge in [-0.1, -0.05) is 6.07 Å². The standard InChI is InChI=1S/C11H15NO4S/c1-4-17(15,16)12-10-8(3)5-7(2)6-9(10)11(13)14/h5-6,12H,4H2,1-3H3,(H,13,14). The number of carboxylic acids is 1. The highest BCUT2D eigenvalue weighted by atomic mass is 32.2. The largest absolute Gasteiger partial charge is 0.478 e. The quantitative estimate of drug-likeness (QED) is 0.861. The van der Waals surface area contributed by atoms with E-state index in [0.717, 1.165) is 5.56 Å². The maximum absolute atomic E-state index is 11.5. The molecule has 0 fully saturated rings. The molecule has 0 aliphatic carbocycles. The number of hydrogen-bond donors (Lipinski definition) is 2. The lowest BCUT2D eigenvalue weighted by Gasteiger charge is -2.13. The van der Waals surface area contributed by atoms with Crippen molar-refractivity contribution >= 4 is 21.7 Å². The first-order chi connectivity index (χ1) is 7.76. The minimum absolute atomic E-state index is 0.0282. The SMILES string of the molecule is CCS(=O)(=O)Nc1c(C)cc(C)cc1C(=O)O. The summed E-state index contributed by atoms with van der Waals surface area (Å²) >= 11 is 0. The van der Waals surface area contributed by atoms with Crippen LogP contribution in [-0.4, -0.2) is 25.2 Å². The van der Waals surface area contributed by atoms with E-state index in [1.165, 1.54) is 13.0 Å². The van der Waals surface area contributed by atoms with Crippen LogP contribution in [0.5, 0.6) is 0 Å². The summed E-state index contributed by atoms with van der Waals surface area (Å²) in [6, 6.07) is 3.18. The molecule has 0 saturated heterocycles. The first-order valence-corrected chi connectivity index (χ1v) is 6.77. The summed E-state index contributed by atoms with van der Waals surface area (Å²) in [6.45, 7) is 4.93. The maximum atomic E-state index is 11.5. The first-order valence-electron chi connectivity index (χ1n) is 5.12. The van der Waals surface area contributed by atoms with Crippen LogP contribution in [-0.2, 0) is 10.0 Å². The molecule has 0 aliphatic rings. The lowest BCUT2D eigenvalue weighted by atomic mass is 10.0. The number of nitrogens with one attached hydrogen (secondary N) is 1. The van der Waals surface area contributed by atoms with E-state index in [2.05, 4.69) is 4.72 Å². The molecular weight excluding hydrogens is 242 g/mol. The number of aromatic carboxylic acids is 1. The fourth-order valence-electron chi connectivity index (χ4n) is 1.50. The van der Waals surface area contributed by atoms with Gasteiger partial charge in [0, 0.05) is 0 Å². The summed E-state index contributed by atoms with van der Waals surface area (Å²) < 4.78 is 25.3. The smallest absolute Gasteiger partial charge is 0.337 e. The Hall–Kier alpha value is -1.56. The number of aryl methyl sites for hydroxylation is 2. The van der Waals surface area contributed by atoms with E-state index in [9.17, 15) is 13.2 Å². The third kappa shape index (κ3) is 3.20. The average molecular weight is 257 g/mol. The van der Waals surface area contributed by atoms with Crippen molar-refractivity contribution in [2.75, 3.05) is 10.5 Å². The Morgan fingerprint density at radius 3 is 2.41 bits per heavy atom. The molecule has 0 spiro atoms. The fourth-order valence-corrected chi connectivity index (χ4v) is 2.23. The summed E-state index contributed by atoms with van der Waals surface area (Å²) in [6.07, 6.45) is 0. The van der Waals surface area contributed by atoms with E-state index in [4.69, 9.17) is 5.11 Å². The van der Waals surface area contributed by atoms with Crippen molar-refractivity contribution < 1.29 is 18.3 Å². The molecule has 1 rings (SSSR count). The highest BCUT2D eigenvalue weighted by Crippen LogP contribution is 2.24. The summed E-state index contributed by atoms with van der Waals surface area (Å²) in [5.41, 5.74) is 1.49. The van der Waals surface area contributed by atoms with Gasteiger partial charge in [-0.05, 0) is 38.0 Å². The Morgan fingerprint density at radius 2 is 1.94 bits per heavy atom. The van der Waals surface area contributed by atoms with Crippen molar-refractivity contribution in [1.82, 2.24) is 0 Å². The molecule has 0 heterocycles. The molecule has 1 aromatic carbocycles. The molecule has 0 saturated carbocycles. The molecule has 0 radical (unpaired) electrons. The van der Waals surface area contributed by atoms with Gasteiger partial charge in [0.05, 0.1) is 17.0 Å². The van der Waals surface area contributed by atoms with Crippen LogP contribution < -0.4 is 4.72 Å². The van der Waals surface area contributed by atoms with Gasteiger partial charge in [0.2, 0.25) is 10.0 Å². The normalized spacial score (nSPS) is 11.2. The number of anilines is 1. The molecule has 2 N–H and O–H groups in total. The molecule has 94 valence electrons. The van der Waals surface area contributed by atoms with Crippen LogP contribution in [0.15, 0.2) is 12.1 Å². The minimum atomic E-state index is -3.48. The monoisotopic (exact) mass is 257 g/mol. The molecule has 0 bridgehead atoms.